The first-order valence-corrected chi connectivity index (χ1v) is 6.34. The molecule has 2 aromatic carbocycles. The predicted octanol–water partition coefficient (Wildman–Crippen LogP) is 3.15. The number of carbonyl (C=O) groups is 1. The molecule has 1 amide bonds. The highest BCUT2D eigenvalue weighted by Crippen LogP contribution is 2.26. The molecular formula is C16H18N2O2. The van der Waals surface area contributed by atoms with Crippen LogP contribution in [0, 0.1) is 13.8 Å². The first kappa shape index (κ1) is 13.9. The topological polar surface area (TPSA) is 64.3 Å². The van der Waals surface area contributed by atoms with E-state index in [1.807, 2.05) is 32.0 Å². The fourth-order valence-corrected chi connectivity index (χ4v) is 2.18. The SMILES string of the molecule is COc1ccccc1C(=O)Nc1c(C)cc(C)cc1N. The maximum Gasteiger partial charge on any atom is 0.259 e. The Hall–Kier alpha value is -2.49. The van der Waals surface area contributed by atoms with Gasteiger partial charge in [-0.1, -0.05) is 18.2 Å². The highest BCUT2D eigenvalue weighted by atomic mass is 16.5. The Kier molecular flexibility index (Phi) is 3.94. The van der Waals surface area contributed by atoms with Gasteiger partial charge >= 0.3 is 0 Å². The molecule has 3 N–H and O–H groups in total. The first-order valence-electron chi connectivity index (χ1n) is 6.34. The number of ether oxygens (including phenoxy) is 1. The van der Waals surface area contributed by atoms with Crippen molar-refractivity contribution in [2.24, 2.45) is 0 Å². The number of aryl methyl sites for hydroxylation is 2. The summed E-state index contributed by atoms with van der Waals surface area (Å²) < 4.78 is 5.19. The minimum atomic E-state index is -0.235. The zero-order valence-corrected chi connectivity index (χ0v) is 11.9. The van der Waals surface area contributed by atoms with Crippen LogP contribution >= 0.6 is 0 Å². The molecular weight excluding hydrogens is 252 g/mol. The van der Waals surface area contributed by atoms with Crippen molar-refractivity contribution in [3.63, 3.8) is 0 Å². The van der Waals surface area contributed by atoms with Crippen LogP contribution in [0.1, 0.15) is 21.5 Å². The molecule has 20 heavy (non-hydrogen) atoms. The molecule has 0 aromatic heterocycles. The third kappa shape index (κ3) is 2.74. The lowest BCUT2D eigenvalue weighted by Crippen LogP contribution is -2.15. The maximum atomic E-state index is 12.3. The van der Waals surface area contributed by atoms with Crippen LogP contribution in [0.2, 0.25) is 0 Å². The van der Waals surface area contributed by atoms with Crippen LogP contribution in [0.5, 0.6) is 5.75 Å². The lowest BCUT2D eigenvalue weighted by atomic mass is 10.1. The second kappa shape index (κ2) is 5.65. The Labute approximate surface area is 118 Å². The molecule has 104 valence electrons. The summed E-state index contributed by atoms with van der Waals surface area (Å²) in [6, 6.07) is 10.9. The van der Waals surface area contributed by atoms with Gasteiger partial charge in [-0.05, 0) is 43.2 Å². The highest BCUT2D eigenvalue weighted by Gasteiger charge is 2.14. The van der Waals surface area contributed by atoms with Crippen molar-refractivity contribution in [1.29, 1.82) is 0 Å². The standard InChI is InChI=1S/C16H18N2O2/c1-10-8-11(2)15(13(17)9-10)18-16(19)12-6-4-5-7-14(12)20-3/h4-9H,17H2,1-3H3,(H,18,19). The fraction of sp³-hybridized carbons (Fsp3) is 0.188. The number of rotatable bonds is 3. The van der Waals surface area contributed by atoms with Gasteiger partial charge in [0.2, 0.25) is 0 Å². The van der Waals surface area contributed by atoms with E-state index in [-0.39, 0.29) is 5.91 Å². The Balaban J connectivity index is 2.33. The van der Waals surface area contributed by atoms with Gasteiger partial charge in [0.05, 0.1) is 24.0 Å². The van der Waals surface area contributed by atoms with Crippen LogP contribution in [0.4, 0.5) is 11.4 Å². The molecule has 0 saturated heterocycles. The van der Waals surface area contributed by atoms with Gasteiger partial charge in [0.25, 0.3) is 5.91 Å². The van der Waals surface area contributed by atoms with Gasteiger partial charge in [-0.2, -0.15) is 0 Å². The molecule has 4 nitrogen and oxygen atoms in total. The van der Waals surface area contributed by atoms with Crippen molar-refractivity contribution in [2.45, 2.75) is 13.8 Å². The number of nitrogens with one attached hydrogen (secondary N) is 1. The summed E-state index contributed by atoms with van der Waals surface area (Å²) in [7, 11) is 1.54. The molecule has 0 atom stereocenters. The molecule has 2 rings (SSSR count). The molecule has 0 saturated carbocycles. The van der Waals surface area contributed by atoms with E-state index >= 15 is 0 Å². The summed E-state index contributed by atoms with van der Waals surface area (Å²) in [5, 5.41) is 2.85. The van der Waals surface area contributed by atoms with E-state index in [9.17, 15) is 4.79 Å². The van der Waals surface area contributed by atoms with Crippen molar-refractivity contribution < 1.29 is 9.53 Å². The lowest BCUT2D eigenvalue weighted by molar-refractivity contribution is 0.102. The summed E-state index contributed by atoms with van der Waals surface area (Å²) in [5.41, 5.74) is 9.66. The van der Waals surface area contributed by atoms with Gasteiger partial charge < -0.3 is 15.8 Å². The molecule has 0 radical (unpaired) electrons. The second-order valence-corrected chi connectivity index (χ2v) is 4.70. The normalized spacial score (nSPS) is 10.2. The highest BCUT2D eigenvalue weighted by molar-refractivity contribution is 6.08. The van der Waals surface area contributed by atoms with Crippen LogP contribution in [0.3, 0.4) is 0 Å². The fourth-order valence-electron chi connectivity index (χ4n) is 2.18. The second-order valence-electron chi connectivity index (χ2n) is 4.70. The molecule has 0 aliphatic heterocycles. The molecule has 0 fully saturated rings. The monoisotopic (exact) mass is 270 g/mol. The number of benzene rings is 2. The van der Waals surface area contributed by atoms with Crippen molar-refractivity contribution in [3.8, 4) is 5.75 Å². The van der Waals surface area contributed by atoms with Crippen LogP contribution in [-0.2, 0) is 0 Å². The predicted molar refractivity (Wildman–Crippen MR) is 81.3 cm³/mol. The van der Waals surface area contributed by atoms with Gasteiger partial charge in [0.1, 0.15) is 5.75 Å². The number of anilines is 2. The smallest absolute Gasteiger partial charge is 0.259 e. The first-order chi connectivity index (χ1) is 9.52. The van der Waals surface area contributed by atoms with E-state index in [0.29, 0.717) is 22.7 Å². The molecule has 2 aromatic rings. The van der Waals surface area contributed by atoms with E-state index in [4.69, 9.17) is 10.5 Å². The van der Waals surface area contributed by atoms with Gasteiger partial charge in [0.15, 0.2) is 0 Å². The average molecular weight is 270 g/mol. The number of hydrogen-bond acceptors (Lipinski definition) is 3. The Morgan fingerprint density at radius 2 is 1.90 bits per heavy atom. The minimum absolute atomic E-state index is 0.235. The van der Waals surface area contributed by atoms with E-state index in [1.54, 1.807) is 18.2 Å². The quantitative estimate of drug-likeness (QED) is 0.842. The van der Waals surface area contributed by atoms with Gasteiger partial charge in [-0.3, -0.25) is 4.79 Å². The number of amides is 1. The maximum absolute atomic E-state index is 12.3. The summed E-state index contributed by atoms with van der Waals surface area (Å²) >= 11 is 0. The van der Waals surface area contributed by atoms with Gasteiger partial charge in [-0.25, -0.2) is 0 Å². The van der Waals surface area contributed by atoms with E-state index in [0.717, 1.165) is 11.1 Å². The van der Waals surface area contributed by atoms with E-state index in [2.05, 4.69) is 5.32 Å². The van der Waals surface area contributed by atoms with Crippen molar-refractivity contribution in [2.75, 3.05) is 18.2 Å². The number of hydrogen-bond donors (Lipinski definition) is 2. The third-order valence-electron chi connectivity index (χ3n) is 3.10. The molecule has 0 spiro atoms. The van der Waals surface area contributed by atoms with Crippen LogP contribution in [-0.4, -0.2) is 13.0 Å². The van der Waals surface area contributed by atoms with Crippen molar-refractivity contribution in [3.05, 3.63) is 53.1 Å². The molecule has 0 unspecified atom stereocenters. The molecule has 0 aliphatic carbocycles. The molecule has 0 bridgehead atoms. The number of methoxy groups -OCH3 is 1. The zero-order valence-electron chi connectivity index (χ0n) is 11.9. The number of para-hydroxylation sites is 1. The summed E-state index contributed by atoms with van der Waals surface area (Å²) in [4.78, 5) is 12.3. The Bertz CT molecular complexity index is 628. The van der Waals surface area contributed by atoms with Gasteiger partial charge in [0, 0.05) is 0 Å². The number of carbonyl (C=O) groups excluding carboxylic acids is 1. The van der Waals surface area contributed by atoms with E-state index < -0.39 is 0 Å². The molecule has 0 aliphatic rings. The Morgan fingerprint density at radius 3 is 2.55 bits per heavy atom. The van der Waals surface area contributed by atoms with Crippen molar-refractivity contribution >= 4 is 17.3 Å². The van der Waals surface area contributed by atoms with Crippen LogP contribution in [0.15, 0.2) is 36.4 Å². The lowest BCUT2D eigenvalue weighted by Gasteiger charge is -2.13. The van der Waals surface area contributed by atoms with Crippen LogP contribution in [0.25, 0.3) is 0 Å². The number of nitrogen functional groups attached to an aromatic ring is 1. The summed E-state index contributed by atoms with van der Waals surface area (Å²) in [6.07, 6.45) is 0. The zero-order chi connectivity index (χ0) is 14.7. The average Bonchev–Trinajstić information content (AvgIpc) is 2.42. The third-order valence-corrected chi connectivity index (χ3v) is 3.10. The van der Waals surface area contributed by atoms with Gasteiger partial charge in [-0.15, -0.1) is 0 Å². The minimum Gasteiger partial charge on any atom is -0.496 e. The Morgan fingerprint density at radius 1 is 1.20 bits per heavy atom. The summed E-state index contributed by atoms with van der Waals surface area (Å²) in [5.74, 6) is 0.300. The largest absolute Gasteiger partial charge is 0.496 e. The number of nitrogens with two attached hydrogens (primary N) is 1. The summed E-state index contributed by atoms with van der Waals surface area (Å²) in [6.45, 7) is 3.89. The van der Waals surface area contributed by atoms with E-state index in [1.165, 1.54) is 7.11 Å². The molecule has 4 heteroatoms. The molecule has 0 heterocycles. The van der Waals surface area contributed by atoms with Crippen LogP contribution < -0.4 is 15.8 Å². The van der Waals surface area contributed by atoms with Crippen molar-refractivity contribution in [1.82, 2.24) is 0 Å².